The summed E-state index contributed by atoms with van der Waals surface area (Å²) in [6.07, 6.45) is -3.87. The summed E-state index contributed by atoms with van der Waals surface area (Å²) in [5.41, 5.74) is 3.18. The van der Waals surface area contributed by atoms with E-state index in [-0.39, 0.29) is 19.5 Å². The molecule has 1 saturated carbocycles. The Labute approximate surface area is 68.3 Å². The van der Waals surface area contributed by atoms with Crippen LogP contribution in [0.2, 0.25) is 0 Å². The van der Waals surface area contributed by atoms with Crippen LogP contribution in [0.1, 0.15) is 6.42 Å². The van der Waals surface area contributed by atoms with Crippen molar-refractivity contribution in [1.29, 1.82) is 0 Å². The minimum Gasteiger partial charge on any atom is -0.330 e. The van der Waals surface area contributed by atoms with Crippen LogP contribution in [0.3, 0.4) is 0 Å². The highest BCUT2D eigenvalue weighted by atomic mass is 19.4. The van der Waals surface area contributed by atoms with E-state index in [0.29, 0.717) is 6.54 Å². The van der Waals surface area contributed by atoms with Crippen LogP contribution in [-0.2, 0) is 0 Å². The van der Waals surface area contributed by atoms with Gasteiger partial charge in [-0.2, -0.15) is 13.2 Å². The maximum Gasteiger partial charge on any atom is 0.396 e. The quantitative estimate of drug-likeness (QED) is 0.616. The van der Waals surface area contributed by atoms with Crippen molar-refractivity contribution in [1.82, 2.24) is 5.32 Å². The van der Waals surface area contributed by atoms with Gasteiger partial charge >= 0.3 is 6.18 Å². The first kappa shape index (κ1) is 8.31. The van der Waals surface area contributed by atoms with Crippen LogP contribution in [0.15, 0.2) is 0 Å². The van der Waals surface area contributed by atoms with E-state index in [9.17, 15) is 13.2 Å². The molecular weight excluding hydrogens is 169 g/mol. The summed E-state index contributed by atoms with van der Waals surface area (Å²) in [4.78, 5) is 0. The van der Waals surface area contributed by atoms with Gasteiger partial charge in [0.2, 0.25) is 0 Å². The highest BCUT2D eigenvalue weighted by Crippen LogP contribution is 2.72. The standard InChI is InChI=1S/C7H11F3N2/c8-7(9,10)6-1-5(6,2-11)3-12-4-6/h12H,1-4,11H2/t5-,6+/m0/s1. The van der Waals surface area contributed by atoms with E-state index in [1.165, 1.54) is 0 Å². The molecule has 2 nitrogen and oxygen atoms in total. The molecule has 0 bridgehead atoms. The Morgan fingerprint density at radius 2 is 2.00 bits per heavy atom. The number of nitrogens with one attached hydrogen (secondary N) is 1. The van der Waals surface area contributed by atoms with Crippen LogP contribution in [0, 0.1) is 10.8 Å². The zero-order valence-electron chi connectivity index (χ0n) is 6.54. The molecule has 2 atom stereocenters. The van der Waals surface area contributed by atoms with Crippen molar-refractivity contribution < 1.29 is 13.2 Å². The molecule has 5 heteroatoms. The van der Waals surface area contributed by atoms with E-state index in [0.717, 1.165) is 0 Å². The zero-order valence-corrected chi connectivity index (χ0v) is 6.54. The van der Waals surface area contributed by atoms with Gasteiger partial charge in [0.15, 0.2) is 0 Å². The lowest BCUT2D eigenvalue weighted by atomic mass is 9.96. The van der Waals surface area contributed by atoms with E-state index in [1.54, 1.807) is 0 Å². The highest BCUT2D eigenvalue weighted by Gasteiger charge is 2.80. The minimum atomic E-state index is -4.09. The van der Waals surface area contributed by atoms with Crippen molar-refractivity contribution in [2.24, 2.45) is 16.6 Å². The topological polar surface area (TPSA) is 38.0 Å². The van der Waals surface area contributed by atoms with Crippen LogP contribution >= 0.6 is 0 Å². The van der Waals surface area contributed by atoms with Gasteiger partial charge in [0.25, 0.3) is 0 Å². The second kappa shape index (κ2) is 1.96. The van der Waals surface area contributed by atoms with Crippen molar-refractivity contribution in [3.63, 3.8) is 0 Å². The molecule has 0 radical (unpaired) electrons. The van der Waals surface area contributed by atoms with Crippen molar-refractivity contribution >= 4 is 0 Å². The maximum absolute atomic E-state index is 12.5. The number of rotatable bonds is 1. The molecule has 0 aromatic carbocycles. The third-order valence-corrected chi connectivity index (χ3v) is 3.35. The van der Waals surface area contributed by atoms with E-state index in [2.05, 4.69) is 5.32 Å². The lowest BCUT2D eigenvalue weighted by Gasteiger charge is -2.19. The van der Waals surface area contributed by atoms with Gasteiger partial charge in [-0.25, -0.2) is 0 Å². The Bertz CT molecular complexity index is 215. The second-order valence-electron chi connectivity index (χ2n) is 3.84. The molecule has 70 valence electrons. The SMILES string of the molecule is NC[C@@]12CNC[C@]1(C(F)(F)F)C2. The van der Waals surface area contributed by atoms with Gasteiger partial charge in [-0.1, -0.05) is 0 Å². The molecule has 0 amide bonds. The Balaban J connectivity index is 2.26. The molecule has 0 unspecified atom stereocenters. The molecule has 0 aromatic heterocycles. The predicted octanol–water partition coefficient (Wildman–Crippen LogP) is 0.487. The predicted molar refractivity (Wildman–Crippen MR) is 37.5 cm³/mol. The first-order valence-electron chi connectivity index (χ1n) is 3.95. The summed E-state index contributed by atoms with van der Waals surface area (Å²) in [5, 5.41) is 2.76. The van der Waals surface area contributed by atoms with E-state index < -0.39 is 17.0 Å². The number of hydrogen-bond donors (Lipinski definition) is 2. The number of hydrogen-bond acceptors (Lipinski definition) is 2. The lowest BCUT2D eigenvalue weighted by molar-refractivity contribution is -0.190. The third-order valence-electron chi connectivity index (χ3n) is 3.35. The monoisotopic (exact) mass is 180 g/mol. The van der Waals surface area contributed by atoms with Crippen LogP contribution in [0.4, 0.5) is 13.2 Å². The zero-order chi connectivity index (χ0) is 9.04. The Morgan fingerprint density at radius 1 is 1.33 bits per heavy atom. The van der Waals surface area contributed by atoms with E-state index >= 15 is 0 Å². The van der Waals surface area contributed by atoms with Gasteiger partial charge in [0.05, 0.1) is 5.41 Å². The van der Waals surface area contributed by atoms with Gasteiger partial charge in [0.1, 0.15) is 0 Å². The van der Waals surface area contributed by atoms with Crippen LogP contribution in [0.25, 0.3) is 0 Å². The molecule has 12 heavy (non-hydrogen) atoms. The number of alkyl halides is 3. The smallest absolute Gasteiger partial charge is 0.330 e. The van der Waals surface area contributed by atoms with Crippen LogP contribution in [-0.4, -0.2) is 25.8 Å². The molecule has 1 saturated heterocycles. The minimum absolute atomic E-state index is 0.0493. The summed E-state index contributed by atoms with van der Waals surface area (Å²) in [6, 6.07) is 0. The van der Waals surface area contributed by atoms with Gasteiger partial charge in [-0.05, 0) is 6.42 Å². The van der Waals surface area contributed by atoms with Gasteiger partial charge in [0, 0.05) is 25.0 Å². The summed E-state index contributed by atoms with van der Waals surface area (Å²) in [6.45, 7) is 0.607. The van der Waals surface area contributed by atoms with Crippen molar-refractivity contribution in [3.8, 4) is 0 Å². The van der Waals surface area contributed by atoms with Gasteiger partial charge in [-0.15, -0.1) is 0 Å². The normalized spacial score (nSPS) is 46.0. The molecule has 2 rings (SSSR count). The molecule has 0 aromatic rings. The maximum atomic E-state index is 12.5. The molecule has 2 fully saturated rings. The molecule has 1 aliphatic heterocycles. The second-order valence-corrected chi connectivity index (χ2v) is 3.84. The first-order chi connectivity index (χ1) is 5.47. The number of nitrogens with two attached hydrogens (primary N) is 1. The molecule has 1 aliphatic carbocycles. The average molecular weight is 180 g/mol. The number of piperidine rings is 1. The van der Waals surface area contributed by atoms with Crippen molar-refractivity contribution in [2.45, 2.75) is 12.6 Å². The Kier molecular flexibility index (Phi) is 1.36. The number of halogens is 3. The Morgan fingerprint density at radius 3 is 2.33 bits per heavy atom. The van der Waals surface area contributed by atoms with E-state index in [1.807, 2.05) is 0 Å². The molecule has 1 heterocycles. The van der Waals surface area contributed by atoms with Crippen LogP contribution in [0.5, 0.6) is 0 Å². The van der Waals surface area contributed by atoms with E-state index in [4.69, 9.17) is 5.73 Å². The summed E-state index contributed by atoms with van der Waals surface area (Å²) in [7, 11) is 0. The highest BCUT2D eigenvalue weighted by molar-refractivity contribution is 5.24. The molecule has 2 aliphatic rings. The van der Waals surface area contributed by atoms with Gasteiger partial charge < -0.3 is 11.1 Å². The molecule has 0 spiro atoms. The van der Waals surface area contributed by atoms with Gasteiger partial charge in [-0.3, -0.25) is 0 Å². The van der Waals surface area contributed by atoms with Crippen LogP contribution < -0.4 is 11.1 Å². The average Bonchev–Trinajstić information content (AvgIpc) is 2.51. The first-order valence-corrected chi connectivity index (χ1v) is 3.95. The molecule has 3 N–H and O–H groups in total. The van der Waals surface area contributed by atoms with Crippen molar-refractivity contribution in [2.75, 3.05) is 19.6 Å². The largest absolute Gasteiger partial charge is 0.396 e. The fourth-order valence-electron chi connectivity index (χ4n) is 2.37. The molecular formula is C7H11F3N2. The fourth-order valence-corrected chi connectivity index (χ4v) is 2.37. The van der Waals surface area contributed by atoms with Crippen molar-refractivity contribution in [3.05, 3.63) is 0 Å². The summed E-state index contributed by atoms with van der Waals surface area (Å²) < 4.78 is 37.6. The lowest BCUT2D eigenvalue weighted by Crippen LogP contribution is -2.33. The Hall–Kier alpha value is -0.290. The summed E-state index contributed by atoms with van der Waals surface area (Å²) >= 11 is 0. The number of fused-ring (bicyclic) bond motifs is 1. The summed E-state index contributed by atoms with van der Waals surface area (Å²) in [5.74, 6) is 0. The third kappa shape index (κ3) is 0.688. The fraction of sp³-hybridized carbons (Fsp3) is 1.00.